The van der Waals surface area contributed by atoms with Crippen molar-refractivity contribution >= 4 is 0 Å². The lowest BCUT2D eigenvalue weighted by Crippen LogP contribution is -2.03. The molecular weight excluding hydrogens is 208 g/mol. The molecule has 17 heavy (non-hydrogen) atoms. The summed E-state index contributed by atoms with van der Waals surface area (Å²) < 4.78 is 0. The molecule has 1 unspecified atom stereocenters. The lowest BCUT2D eigenvalue weighted by molar-refractivity contribution is 0.219. The van der Waals surface area contributed by atoms with E-state index in [2.05, 4.69) is 13.0 Å². The van der Waals surface area contributed by atoms with Gasteiger partial charge in [0.15, 0.2) is 0 Å². The maximum absolute atomic E-state index is 10.4. The molecule has 1 N–H and O–H groups in total. The predicted octanol–water partition coefficient (Wildman–Crippen LogP) is 3.64. The van der Waals surface area contributed by atoms with Crippen LogP contribution in [0, 0.1) is 6.92 Å². The van der Waals surface area contributed by atoms with Crippen LogP contribution in [0.3, 0.4) is 0 Å². The van der Waals surface area contributed by atoms with Gasteiger partial charge in [-0.25, -0.2) is 0 Å². The number of hydrogen-bond acceptors (Lipinski definition) is 1. The van der Waals surface area contributed by atoms with Crippen LogP contribution in [-0.2, 0) is 6.42 Å². The van der Waals surface area contributed by atoms with E-state index in [1.54, 1.807) is 0 Å². The second-order valence-electron chi connectivity index (χ2n) is 4.37. The molecule has 1 heteroatoms. The fraction of sp³-hybridized carbons (Fsp3) is 0.250. The fourth-order valence-corrected chi connectivity index (χ4v) is 2.14. The number of aliphatic hydroxyl groups is 1. The van der Waals surface area contributed by atoms with E-state index in [-0.39, 0.29) is 0 Å². The molecule has 0 spiro atoms. The molecule has 2 rings (SSSR count). The Morgan fingerprint density at radius 2 is 1.82 bits per heavy atom. The summed E-state index contributed by atoms with van der Waals surface area (Å²) in [6.45, 7) is 4.16. The highest BCUT2D eigenvalue weighted by Gasteiger charge is 2.13. The largest absolute Gasteiger partial charge is 0.384 e. The van der Waals surface area contributed by atoms with Crippen molar-refractivity contribution in [3.63, 3.8) is 0 Å². The Morgan fingerprint density at radius 3 is 2.53 bits per heavy atom. The first-order chi connectivity index (χ1) is 8.22. The van der Waals surface area contributed by atoms with E-state index in [4.69, 9.17) is 0 Å². The molecular formula is C16H18O. The topological polar surface area (TPSA) is 20.2 Å². The van der Waals surface area contributed by atoms with E-state index >= 15 is 0 Å². The van der Waals surface area contributed by atoms with Crippen LogP contribution in [0.5, 0.6) is 0 Å². The Balaban J connectivity index is 2.40. The van der Waals surface area contributed by atoms with Gasteiger partial charge in [-0.05, 0) is 30.0 Å². The van der Waals surface area contributed by atoms with Crippen LogP contribution in [0.15, 0.2) is 48.5 Å². The summed E-state index contributed by atoms with van der Waals surface area (Å²) in [7, 11) is 0. The molecule has 0 aliphatic rings. The molecule has 0 aromatic heterocycles. The highest BCUT2D eigenvalue weighted by molar-refractivity contribution is 5.37. The average molecular weight is 226 g/mol. The molecule has 0 bridgehead atoms. The molecule has 0 aliphatic carbocycles. The third kappa shape index (κ3) is 2.56. The molecule has 0 fully saturated rings. The number of aryl methyl sites for hydroxylation is 2. The molecule has 0 amide bonds. The van der Waals surface area contributed by atoms with Gasteiger partial charge in [0.2, 0.25) is 0 Å². The van der Waals surface area contributed by atoms with E-state index in [0.29, 0.717) is 0 Å². The first kappa shape index (κ1) is 11.9. The fourth-order valence-electron chi connectivity index (χ4n) is 2.14. The molecule has 88 valence electrons. The van der Waals surface area contributed by atoms with Crippen molar-refractivity contribution in [1.82, 2.24) is 0 Å². The molecule has 0 saturated carbocycles. The first-order valence-corrected chi connectivity index (χ1v) is 6.04. The summed E-state index contributed by atoms with van der Waals surface area (Å²) in [5.41, 5.74) is 4.36. The van der Waals surface area contributed by atoms with Crippen molar-refractivity contribution in [2.24, 2.45) is 0 Å². The molecule has 0 aliphatic heterocycles. The lowest BCUT2D eigenvalue weighted by Gasteiger charge is -2.15. The van der Waals surface area contributed by atoms with Crippen molar-refractivity contribution < 1.29 is 5.11 Å². The number of hydrogen-bond donors (Lipinski definition) is 1. The van der Waals surface area contributed by atoms with E-state index in [1.165, 1.54) is 11.1 Å². The van der Waals surface area contributed by atoms with Gasteiger partial charge < -0.3 is 5.11 Å². The Kier molecular flexibility index (Phi) is 3.60. The van der Waals surface area contributed by atoms with E-state index in [9.17, 15) is 5.11 Å². The monoisotopic (exact) mass is 226 g/mol. The van der Waals surface area contributed by atoms with Crippen LogP contribution in [0.2, 0.25) is 0 Å². The molecule has 0 heterocycles. The van der Waals surface area contributed by atoms with Gasteiger partial charge in [-0.3, -0.25) is 0 Å². The number of benzene rings is 2. The van der Waals surface area contributed by atoms with Crippen molar-refractivity contribution in [3.8, 4) is 0 Å². The van der Waals surface area contributed by atoms with E-state index < -0.39 is 6.10 Å². The second-order valence-corrected chi connectivity index (χ2v) is 4.37. The summed E-state index contributed by atoms with van der Waals surface area (Å²) >= 11 is 0. The smallest absolute Gasteiger partial charge is 0.104 e. The number of aliphatic hydroxyl groups excluding tert-OH is 1. The SMILES string of the molecule is CCc1ccccc1C(O)c1cccc(C)c1. The van der Waals surface area contributed by atoms with Crippen molar-refractivity contribution in [1.29, 1.82) is 0 Å². The zero-order chi connectivity index (χ0) is 12.3. The highest BCUT2D eigenvalue weighted by atomic mass is 16.3. The quantitative estimate of drug-likeness (QED) is 0.847. The first-order valence-electron chi connectivity index (χ1n) is 6.04. The van der Waals surface area contributed by atoms with Crippen LogP contribution in [0.25, 0.3) is 0 Å². The normalized spacial score (nSPS) is 12.4. The van der Waals surface area contributed by atoms with Gasteiger partial charge >= 0.3 is 0 Å². The van der Waals surface area contributed by atoms with Crippen LogP contribution >= 0.6 is 0 Å². The van der Waals surface area contributed by atoms with Crippen LogP contribution in [-0.4, -0.2) is 5.11 Å². The summed E-state index contributed by atoms with van der Waals surface area (Å²) in [6, 6.07) is 16.1. The van der Waals surface area contributed by atoms with E-state index in [0.717, 1.165) is 17.5 Å². The number of rotatable bonds is 3. The summed E-state index contributed by atoms with van der Waals surface area (Å²) in [5.74, 6) is 0. The zero-order valence-corrected chi connectivity index (χ0v) is 10.4. The minimum Gasteiger partial charge on any atom is -0.384 e. The minimum absolute atomic E-state index is 0.522. The molecule has 1 atom stereocenters. The minimum atomic E-state index is -0.522. The molecule has 1 nitrogen and oxygen atoms in total. The van der Waals surface area contributed by atoms with Gasteiger partial charge in [0, 0.05) is 0 Å². The van der Waals surface area contributed by atoms with Crippen LogP contribution < -0.4 is 0 Å². The highest BCUT2D eigenvalue weighted by Crippen LogP contribution is 2.25. The van der Waals surface area contributed by atoms with Crippen molar-refractivity contribution in [2.75, 3.05) is 0 Å². The predicted molar refractivity (Wildman–Crippen MR) is 71.1 cm³/mol. The molecule has 0 saturated heterocycles. The third-order valence-corrected chi connectivity index (χ3v) is 3.09. The maximum Gasteiger partial charge on any atom is 0.104 e. The van der Waals surface area contributed by atoms with Crippen molar-refractivity contribution in [3.05, 3.63) is 70.8 Å². The van der Waals surface area contributed by atoms with Gasteiger partial charge in [0.05, 0.1) is 0 Å². The lowest BCUT2D eigenvalue weighted by atomic mass is 9.95. The molecule has 2 aromatic carbocycles. The maximum atomic E-state index is 10.4. The van der Waals surface area contributed by atoms with Gasteiger partial charge in [0.1, 0.15) is 6.10 Å². The van der Waals surface area contributed by atoms with Crippen molar-refractivity contribution in [2.45, 2.75) is 26.4 Å². The van der Waals surface area contributed by atoms with Gasteiger partial charge in [-0.15, -0.1) is 0 Å². The Hall–Kier alpha value is -1.60. The summed E-state index contributed by atoms with van der Waals surface area (Å²) in [5, 5.41) is 10.4. The summed E-state index contributed by atoms with van der Waals surface area (Å²) in [6.07, 6.45) is 0.421. The Morgan fingerprint density at radius 1 is 1.06 bits per heavy atom. The van der Waals surface area contributed by atoms with Gasteiger partial charge in [0.25, 0.3) is 0 Å². The molecule has 2 aromatic rings. The zero-order valence-electron chi connectivity index (χ0n) is 10.4. The van der Waals surface area contributed by atoms with Crippen LogP contribution in [0.1, 0.15) is 35.3 Å². The van der Waals surface area contributed by atoms with Gasteiger partial charge in [-0.1, -0.05) is 61.0 Å². The standard InChI is InChI=1S/C16H18O/c1-3-13-8-4-5-10-15(13)16(17)14-9-6-7-12(2)11-14/h4-11,16-17H,3H2,1-2H3. The Bertz CT molecular complexity index is 502. The van der Waals surface area contributed by atoms with Crippen LogP contribution in [0.4, 0.5) is 0 Å². The van der Waals surface area contributed by atoms with Gasteiger partial charge in [-0.2, -0.15) is 0 Å². The third-order valence-electron chi connectivity index (χ3n) is 3.09. The Labute approximate surface area is 103 Å². The second kappa shape index (κ2) is 5.15. The average Bonchev–Trinajstić information content (AvgIpc) is 2.38. The molecule has 0 radical (unpaired) electrons. The summed E-state index contributed by atoms with van der Waals surface area (Å²) in [4.78, 5) is 0. The van der Waals surface area contributed by atoms with E-state index in [1.807, 2.05) is 49.4 Å².